The van der Waals surface area contributed by atoms with E-state index < -0.39 is 28.4 Å². The van der Waals surface area contributed by atoms with Crippen LogP contribution in [0.15, 0.2) is 0 Å². The van der Waals surface area contributed by atoms with Crippen molar-refractivity contribution in [2.24, 2.45) is 0 Å². The van der Waals surface area contributed by atoms with Gasteiger partial charge in [0.05, 0.1) is 10.1 Å². The van der Waals surface area contributed by atoms with Crippen LogP contribution in [0.25, 0.3) is 0 Å². The van der Waals surface area contributed by atoms with Crippen molar-refractivity contribution in [3.05, 3.63) is 0 Å². The third kappa shape index (κ3) is 10.4. The Hall–Kier alpha value is -0.770. The maximum Gasteiger partial charge on any atom is 0.432 e. The third-order valence-corrected chi connectivity index (χ3v) is 1.56. The highest BCUT2D eigenvalue weighted by Crippen LogP contribution is 2.24. The standard InChI is InChI=1S/C7H11F5N.CH4O3S/c1-3-13(4-2)6(9)5(8)7(10,11)12;1-5(2,3)4/h5H,3-4H2,1-2H3;1H3,(H,2,3,4)/q+1;/p-1. The van der Waals surface area contributed by atoms with Gasteiger partial charge < -0.3 is 4.55 Å². The fraction of sp³-hybridized carbons (Fsp3) is 0.875. The summed E-state index contributed by atoms with van der Waals surface area (Å²) in [6.07, 6.45) is -8.06. The van der Waals surface area contributed by atoms with Gasteiger partial charge in [-0.15, -0.1) is 4.39 Å². The Labute approximate surface area is 102 Å². The van der Waals surface area contributed by atoms with E-state index in [0.29, 0.717) is 10.8 Å². The molecule has 0 heterocycles. The molecule has 0 aliphatic heterocycles. The molecule has 0 N–H and O–H groups in total. The summed E-state index contributed by atoms with van der Waals surface area (Å²) in [7, 11) is -3.92. The zero-order chi connectivity index (χ0) is 15.1. The Bertz CT molecular complexity index is 363. The van der Waals surface area contributed by atoms with Gasteiger partial charge in [0.2, 0.25) is 0 Å². The van der Waals surface area contributed by atoms with Gasteiger partial charge in [-0.25, -0.2) is 17.4 Å². The zero-order valence-electron chi connectivity index (χ0n) is 9.96. The molecule has 0 amide bonds. The minimum atomic E-state index is -5.16. The molecule has 0 aromatic rings. The number of alkyl halides is 4. The Balaban J connectivity index is 0. The van der Waals surface area contributed by atoms with Crippen molar-refractivity contribution in [1.82, 2.24) is 0 Å². The molecule has 110 valence electrons. The van der Waals surface area contributed by atoms with E-state index in [1.807, 2.05) is 0 Å². The third-order valence-electron chi connectivity index (χ3n) is 1.56. The number of nitrogens with zero attached hydrogens (tertiary/aromatic N) is 1. The molecule has 1 unspecified atom stereocenters. The maximum atomic E-state index is 12.7. The molecule has 0 saturated heterocycles. The molecule has 0 aromatic carbocycles. The fourth-order valence-corrected chi connectivity index (χ4v) is 0.821. The van der Waals surface area contributed by atoms with E-state index in [4.69, 9.17) is 13.0 Å². The summed E-state index contributed by atoms with van der Waals surface area (Å²) in [6, 6.07) is 0. The van der Waals surface area contributed by atoms with E-state index in [1.54, 1.807) is 0 Å². The van der Waals surface area contributed by atoms with Gasteiger partial charge in [0.15, 0.2) is 0 Å². The van der Waals surface area contributed by atoms with Crippen LogP contribution >= 0.6 is 0 Å². The smallest absolute Gasteiger partial charge is 0.432 e. The lowest BCUT2D eigenvalue weighted by Crippen LogP contribution is -2.36. The topological polar surface area (TPSA) is 60.2 Å². The van der Waals surface area contributed by atoms with Gasteiger partial charge in [0.1, 0.15) is 13.1 Å². The van der Waals surface area contributed by atoms with Gasteiger partial charge in [-0.3, -0.25) is 0 Å². The predicted molar refractivity (Wildman–Crippen MR) is 54.0 cm³/mol. The van der Waals surface area contributed by atoms with E-state index >= 15 is 0 Å². The molecule has 4 nitrogen and oxygen atoms in total. The second-order valence-corrected chi connectivity index (χ2v) is 4.51. The van der Waals surface area contributed by atoms with Gasteiger partial charge in [-0.2, -0.15) is 13.2 Å². The molecule has 0 bridgehead atoms. The lowest BCUT2D eigenvalue weighted by Gasteiger charge is -2.08. The van der Waals surface area contributed by atoms with Crippen LogP contribution in [0, 0.1) is 0 Å². The SMILES string of the molecule is CC[N+](CC)=C(F)C(F)C(F)(F)F.CS(=O)(=O)[O-]. The van der Waals surface area contributed by atoms with Crippen molar-refractivity contribution in [2.75, 3.05) is 19.3 Å². The van der Waals surface area contributed by atoms with Crippen molar-refractivity contribution >= 4 is 16.1 Å². The van der Waals surface area contributed by atoms with Crippen LogP contribution in [0.3, 0.4) is 0 Å². The molecule has 0 saturated carbocycles. The van der Waals surface area contributed by atoms with E-state index in [9.17, 15) is 22.0 Å². The molecule has 0 fully saturated rings. The lowest BCUT2D eigenvalue weighted by atomic mass is 10.3. The van der Waals surface area contributed by atoms with Gasteiger partial charge in [-0.05, 0) is 13.8 Å². The van der Waals surface area contributed by atoms with E-state index in [0.717, 1.165) is 0 Å². The Kier molecular flexibility index (Phi) is 8.28. The van der Waals surface area contributed by atoms with Crippen molar-refractivity contribution in [3.63, 3.8) is 0 Å². The van der Waals surface area contributed by atoms with Gasteiger partial charge in [0.25, 0.3) is 0 Å². The molecule has 0 aromatic heterocycles. The first-order valence-corrected chi connectivity index (χ1v) is 6.55. The van der Waals surface area contributed by atoms with Crippen LogP contribution in [-0.2, 0) is 10.1 Å². The van der Waals surface area contributed by atoms with Crippen molar-refractivity contribution in [1.29, 1.82) is 0 Å². The molecular formula is C8H14F5NO3S. The molecule has 0 aliphatic carbocycles. The molecule has 0 radical (unpaired) electrons. The van der Waals surface area contributed by atoms with E-state index in [-0.39, 0.29) is 13.1 Å². The number of halogens is 5. The highest BCUT2D eigenvalue weighted by Gasteiger charge is 2.48. The van der Waals surface area contributed by atoms with Crippen LogP contribution in [0.1, 0.15) is 13.8 Å². The van der Waals surface area contributed by atoms with Gasteiger partial charge in [-0.1, -0.05) is 0 Å². The lowest BCUT2D eigenvalue weighted by molar-refractivity contribution is -0.529. The second kappa shape index (κ2) is 7.62. The summed E-state index contributed by atoms with van der Waals surface area (Å²) in [5.41, 5.74) is 0. The van der Waals surface area contributed by atoms with Crippen molar-refractivity contribution in [2.45, 2.75) is 26.2 Å². The molecule has 0 aliphatic rings. The zero-order valence-corrected chi connectivity index (χ0v) is 10.8. The Morgan fingerprint density at radius 2 is 1.56 bits per heavy atom. The summed E-state index contributed by atoms with van der Waals surface area (Å²) < 4.78 is 88.0. The minimum Gasteiger partial charge on any atom is -0.748 e. The average molecular weight is 299 g/mol. The van der Waals surface area contributed by atoms with Crippen LogP contribution < -0.4 is 0 Å². The molecule has 18 heavy (non-hydrogen) atoms. The monoisotopic (exact) mass is 299 g/mol. The number of hydrogen-bond acceptors (Lipinski definition) is 3. The van der Waals surface area contributed by atoms with Crippen LogP contribution in [0.4, 0.5) is 22.0 Å². The summed E-state index contributed by atoms with van der Waals surface area (Å²) in [4.78, 5) is 0. The van der Waals surface area contributed by atoms with Crippen LogP contribution in [-0.4, -0.2) is 55.2 Å². The van der Waals surface area contributed by atoms with Crippen molar-refractivity contribution in [3.8, 4) is 0 Å². The normalized spacial score (nSPS) is 13.4. The predicted octanol–water partition coefficient (Wildman–Crippen LogP) is 1.47. The Morgan fingerprint density at radius 3 is 1.72 bits per heavy atom. The largest absolute Gasteiger partial charge is 0.748 e. The summed E-state index contributed by atoms with van der Waals surface area (Å²) in [5, 5.41) is 0. The second-order valence-electron chi connectivity index (χ2n) is 3.10. The first-order valence-electron chi connectivity index (χ1n) is 4.73. The van der Waals surface area contributed by atoms with E-state index in [1.165, 1.54) is 13.8 Å². The number of rotatable bonds is 3. The first kappa shape index (κ1) is 19.6. The van der Waals surface area contributed by atoms with Crippen LogP contribution in [0.5, 0.6) is 0 Å². The highest BCUT2D eigenvalue weighted by molar-refractivity contribution is 7.84. The highest BCUT2D eigenvalue weighted by atomic mass is 32.2. The minimum absolute atomic E-state index is 0.0127. The number of hydrogen-bond donors (Lipinski definition) is 0. The van der Waals surface area contributed by atoms with Crippen molar-refractivity contribution < 1.29 is 39.5 Å². The molecule has 0 spiro atoms. The molecular weight excluding hydrogens is 285 g/mol. The summed E-state index contributed by atoms with van der Waals surface area (Å²) in [5.74, 6) is -1.77. The molecule has 0 rings (SSSR count). The first-order chi connectivity index (χ1) is 7.84. The Morgan fingerprint density at radius 1 is 1.28 bits per heavy atom. The van der Waals surface area contributed by atoms with Crippen LogP contribution in [0.2, 0.25) is 0 Å². The van der Waals surface area contributed by atoms with E-state index in [2.05, 4.69) is 0 Å². The maximum absolute atomic E-state index is 12.7. The fourth-order valence-electron chi connectivity index (χ4n) is 0.821. The molecule has 1 atom stereocenters. The van der Waals surface area contributed by atoms with Gasteiger partial charge in [0, 0.05) is 6.26 Å². The summed E-state index contributed by atoms with van der Waals surface area (Å²) >= 11 is 0. The quantitative estimate of drug-likeness (QED) is 0.343. The molecule has 10 heteroatoms. The van der Waals surface area contributed by atoms with Gasteiger partial charge >= 0.3 is 18.3 Å². The summed E-state index contributed by atoms with van der Waals surface area (Å²) in [6.45, 7) is 2.93. The average Bonchev–Trinajstić information content (AvgIpc) is 2.14.